The van der Waals surface area contributed by atoms with Crippen molar-refractivity contribution in [3.63, 3.8) is 0 Å². The average Bonchev–Trinajstić information content (AvgIpc) is 3.54. The summed E-state index contributed by atoms with van der Waals surface area (Å²) in [5, 5.41) is 25.6. The van der Waals surface area contributed by atoms with Crippen LogP contribution >= 0.6 is 23.1 Å². The number of aliphatic hydroxyl groups is 1. The molecule has 3 aromatic carbocycles. The quantitative estimate of drug-likeness (QED) is 0.142. The molecule has 4 atom stereocenters. The number of benzene rings is 3. The van der Waals surface area contributed by atoms with Crippen LogP contribution in [-0.4, -0.2) is 38.7 Å². The Morgan fingerprint density at radius 2 is 1.60 bits per heavy atom. The molecule has 2 heterocycles. The Morgan fingerprint density at radius 3 is 2.26 bits per heavy atom. The van der Waals surface area contributed by atoms with Gasteiger partial charge in [0, 0.05) is 29.3 Å². The predicted molar refractivity (Wildman–Crippen MR) is 196 cm³/mol. The number of hydrogen-bond donors (Lipinski definition) is 3. The lowest BCUT2D eigenvalue weighted by molar-refractivity contribution is -0.268. The lowest BCUT2D eigenvalue weighted by atomic mass is 9.53. The number of hydrogen-bond acceptors (Lipinski definition) is 8. The van der Waals surface area contributed by atoms with Crippen LogP contribution < -0.4 is 10.6 Å². The highest BCUT2D eigenvalue weighted by atomic mass is 32.2. The fourth-order valence-corrected chi connectivity index (χ4v) is 11.2. The molecule has 1 saturated heterocycles. The third-order valence-corrected chi connectivity index (χ3v) is 13.4. The highest BCUT2D eigenvalue weighted by molar-refractivity contribution is 8.01. The second kappa shape index (κ2) is 14.4. The molecule has 10 heteroatoms. The van der Waals surface area contributed by atoms with Crippen molar-refractivity contribution in [2.75, 3.05) is 5.75 Å². The Labute approximate surface area is 302 Å². The molecule has 0 spiro atoms. The van der Waals surface area contributed by atoms with E-state index >= 15 is 0 Å². The Morgan fingerprint density at radius 1 is 0.900 bits per heavy atom. The standard InChI is InChI=1S/C40H46N4O4S2/c1-24-35(23-49-39-44-43-25(2)50-39)47-37(48-36(24)32-8-6-26(22-45)7-9-32)33-12-10-31(11-13-33)34-5-3-4-27(17-34)21-41-38(46)42-40-18-28-14-29(19-40)16-30(15-28)20-40/h3-13,17,24,28-30,35-37,45H,14-16,18-23H2,1-2H3,(H2,41,42,46). The number of rotatable bonds is 10. The minimum atomic E-state index is -0.535. The van der Waals surface area contributed by atoms with Gasteiger partial charge in [0.25, 0.3) is 0 Å². The van der Waals surface area contributed by atoms with Crippen LogP contribution in [0.1, 0.15) is 85.1 Å². The maximum absolute atomic E-state index is 13.1. The van der Waals surface area contributed by atoms with E-state index in [1.54, 1.807) is 23.1 Å². The molecule has 3 N–H and O–H groups in total. The van der Waals surface area contributed by atoms with E-state index in [0.29, 0.717) is 6.54 Å². The summed E-state index contributed by atoms with van der Waals surface area (Å²) in [5.41, 5.74) is 6.17. The summed E-state index contributed by atoms with van der Waals surface area (Å²) in [6, 6.07) is 24.8. The predicted octanol–water partition coefficient (Wildman–Crippen LogP) is 8.36. The number of amides is 2. The summed E-state index contributed by atoms with van der Waals surface area (Å²) in [4.78, 5) is 13.1. The zero-order valence-corrected chi connectivity index (χ0v) is 30.3. The maximum atomic E-state index is 13.1. The van der Waals surface area contributed by atoms with Gasteiger partial charge in [-0.3, -0.25) is 0 Å². The highest BCUT2D eigenvalue weighted by Crippen LogP contribution is 2.55. The smallest absolute Gasteiger partial charge is 0.315 e. The summed E-state index contributed by atoms with van der Waals surface area (Å²) >= 11 is 3.27. The molecule has 50 heavy (non-hydrogen) atoms. The van der Waals surface area contributed by atoms with Crippen LogP contribution in [0.15, 0.2) is 77.1 Å². The van der Waals surface area contributed by atoms with Gasteiger partial charge in [0.1, 0.15) is 5.01 Å². The molecule has 2 amide bonds. The zero-order valence-electron chi connectivity index (χ0n) is 28.7. The fourth-order valence-electron chi connectivity index (χ4n) is 9.22. The van der Waals surface area contributed by atoms with Gasteiger partial charge in [0.15, 0.2) is 10.6 Å². The molecule has 262 valence electrons. The molecule has 5 aliphatic rings. The van der Waals surface area contributed by atoms with Crippen molar-refractivity contribution in [1.29, 1.82) is 0 Å². The van der Waals surface area contributed by atoms with Crippen molar-refractivity contribution in [3.05, 3.63) is 100 Å². The first-order valence-electron chi connectivity index (χ1n) is 18.0. The number of carbonyl (C=O) groups excluding carboxylic acids is 1. The Hall–Kier alpha value is -3.28. The molecule has 4 bridgehead atoms. The van der Waals surface area contributed by atoms with E-state index in [-0.39, 0.29) is 36.3 Å². The summed E-state index contributed by atoms with van der Waals surface area (Å²) in [6.45, 7) is 4.64. The van der Waals surface area contributed by atoms with Crippen molar-refractivity contribution < 1.29 is 19.4 Å². The number of nitrogens with one attached hydrogen (secondary N) is 2. The van der Waals surface area contributed by atoms with E-state index in [1.807, 2.05) is 31.2 Å². The topological polar surface area (TPSA) is 106 Å². The van der Waals surface area contributed by atoms with Gasteiger partial charge in [0.05, 0.1) is 18.8 Å². The lowest BCUT2D eigenvalue weighted by Gasteiger charge is -2.56. The largest absolute Gasteiger partial charge is 0.392 e. The van der Waals surface area contributed by atoms with Gasteiger partial charge in [-0.1, -0.05) is 96.8 Å². The normalized spacial score (nSPS) is 29.9. The highest BCUT2D eigenvalue weighted by Gasteiger charge is 2.51. The number of thioether (sulfide) groups is 1. The Balaban J connectivity index is 0.933. The number of urea groups is 1. The van der Waals surface area contributed by atoms with E-state index in [1.165, 1.54) is 19.3 Å². The third-order valence-electron chi connectivity index (χ3n) is 11.3. The molecule has 1 aromatic heterocycles. The molecular formula is C40H46N4O4S2. The molecule has 8 nitrogen and oxygen atoms in total. The first kappa shape index (κ1) is 33.8. The second-order valence-electron chi connectivity index (χ2n) is 15.0. The van der Waals surface area contributed by atoms with Crippen LogP contribution in [0.25, 0.3) is 11.1 Å². The van der Waals surface area contributed by atoms with Crippen molar-refractivity contribution in [2.45, 2.75) is 93.9 Å². The molecule has 9 rings (SSSR count). The first-order chi connectivity index (χ1) is 24.3. The van der Waals surface area contributed by atoms with Crippen LogP contribution in [0.2, 0.25) is 0 Å². The van der Waals surface area contributed by atoms with Gasteiger partial charge in [-0.15, -0.1) is 10.2 Å². The maximum Gasteiger partial charge on any atom is 0.315 e. The van der Waals surface area contributed by atoms with E-state index < -0.39 is 6.29 Å². The molecule has 4 aromatic rings. The summed E-state index contributed by atoms with van der Waals surface area (Å²) in [6.07, 6.45) is 6.75. The summed E-state index contributed by atoms with van der Waals surface area (Å²) in [5.74, 6) is 3.23. The SMILES string of the molecule is Cc1nnc(SCC2OC(c3ccc(-c4cccc(CNC(=O)NC56CC7CC(CC(C7)C5)C6)c4)cc3)OC(c3ccc(CO)cc3)C2C)s1. The van der Waals surface area contributed by atoms with Gasteiger partial charge < -0.3 is 25.2 Å². The van der Waals surface area contributed by atoms with Crippen LogP contribution in [0.3, 0.4) is 0 Å². The van der Waals surface area contributed by atoms with Gasteiger partial charge in [-0.25, -0.2) is 4.79 Å². The van der Waals surface area contributed by atoms with Crippen molar-refractivity contribution in [3.8, 4) is 11.1 Å². The number of carbonyl (C=O) groups is 1. The number of aromatic nitrogens is 2. The number of ether oxygens (including phenoxy) is 2. The monoisotopic (exact) mass is 710 g/mol. The fraction of sp³-hybridized carbons (Fsp3) is 0.475. The third kappa shape index (κ3) is 7.37. The van der Waals surface area contributed by atoms with Crippen LogP contribution in [0.4, 0.5) is 4.79 Å². The van der Waals surface area contributed by atoms with Crippen LogP contribution in [-0.2, 0) is 22.6 Å². The van der Waals surface area contributed by atoms with Gasteiger partial charge in [0.2, 0.25) is 0 Å². The summed E-state index contributed by atoms with van der Waals surface area (Å²) < 4.78 is 14.3. The van der Waals surface area contributed by atoms with Gasteiger partial charge in [-0.2, -0.15) is 0 Å². The minimum absolute atomic E-state index is 0.00747. The summed E-state index contributed by atoms with van der Waals surface area (Å²) in [7, 11) is 0. The zero-order chi connectivity index (χ0) is 34.2. The molecular weight excluding hydrogens is 665 g/mol. The van der Waals surface area contributed by atoms with E-state index in [2.05, 4.69) is 76.3 Å². The molecule has 4 saturated carbocycles. The van der Waals surface area contributed by atoms with Crippen LogP contribution in [0, 0.1) is 30.6 Å². The molecule has 4 aliphatic carbocycles. The lowest BCUT2D eigenvalue weighted by Crippen LogP contribution is -2.61. The number of aliphatic hydroxyl groups excluding tert-OH is 1. The molecule has 5 fully saturated rings. The number of aryl methyl sites for hydroxylation is 1. The van der Waals surface area contributed by atoms with Crippen molar-refractivity contribution in [1.82, 2.24) is 20.8 Å². The van der Waals surface area contributed by atoms with Crippen molar-refractivity contribution >= 4 is 29.1 Å². The first-order valence-corrected chi connectivity index (χ1v) is 19.8. The molecule has 4 unspecified atom stereocenters. The van der Waals surface area contributed by atoms with E-state index in [9.17, 15) is 9.90 Å². The number of nitrogens with zero attached hydrogens (tertiary/aromatic N) is 2. The minimum Gasteiger partial charge on any atom is -0.392 e. The second-order valence-corrected chi connectivity index (χ2v) is 17.5. The van der Waals surface area contributed by atoms with Crippen LogP contribution in [0.5, 0.6) is 0 Å². The van der Waals surface area contributed by atoms with Crippen molar-refractivity contribution in [2.24, 2.45) is 23.7 Å². The molecule has 0 radical (unpaired) electrons. The molecule has 1 aliphatic heterocycles. The van der Waals surface area contributed by atoms with Gasteiger partial charge >= 0.3 is 6.03 Å². The Bertz CT molecular complexity index is 1760. The van der Waals surface area contributed by atoms with E-state index in [0.717, 1.165) is 85.5 Å². The average molecular weight is 711 g/mol. The van der Waals surface area contributed by atoms with Gasteiger partial charge in [-0.05, 0) is 97.1 Å². The van der Waals surface area contributed by atoms with E-state index in [4.69, 9.17) is 9.47 Å². The Kier molecular flexibility index (Phi) is 9.74.